The Kier molecular flexibility index (Phi) is 5.36. The lowest BCUT2D eigenvalue weighted by atomic mass is 9.98. The number of hydrogen-bond acceptors (Lipinski definition) is 6. The van der Waals surface area contributed by atoms with Gasteiger partial charge in [-0.1, -0.05) is 18.9 Å². The van der Waals surface area contributed by atoms with Crippen LogP contribution in [0, 0.1) is 5.82 Å². The average Bonchev–Trinajstić information content (AvgIpc) is 3.48. The number of aromatic nitrogens is 4. The van der Waals surface area contributed by atoms with Crippen LogP contribution in [0.15, 0.2) is 53.8 Å². The van der Waals surface area contributed by atoms with Crippen LogP contribution in [0.5, 0.6) is 5.75 Å². The number of hydrogen-bond donors (Lipinski definition) is 0. The van der Waals surface area contributed by atoms with Crippen LogP contribution in [0.4, 0.5) is 4.39 Å². The zero-order valence-electron chi connectivity index (χ0n) is 18.3. The second kappa shape index (κ2) is 8.22. The molecule has 0 radical (unpaired) electrons. The SMILES string of the molecule is COc1cc(S(C)(=O)=O)ccc1-c1cc(-c2cnnc3c2ncn3C2CCCC2)ccc1F. The van der Waals surface area contributed by atoms with E-state index in [0.29, 0.717) is 22.7 Å². The number of halogens is 1. The minimum Gasteiger partial charge on any atom is -0.496 e. The van der Waals surface area contributed by atoms with E-state index in [2.05, 4.69) is 19.7 Å². The topological polar surface area (TPSA) is 87.0 Å². The van der Waals surface area contributed by atoms with Crippen molar-refractivity contribution in [3.63, 3.8) is 0 Å². The van der Waals surface area contributed by atoms with Crippen LogP contribution >= 0.6 is 0 Å². The number of rotatable bonds is 5. The van der Waals surface area contributed by atoms with Gasteiger partial charge in [-0.15, -0.1) is 5.10 Å². The second-order valence-electron chi connectivity index (χ2n) is 8.35. The molecule has 5 rings (SSSR count). The Morgan fingerprint density at radius 3 is 2.58 bits per heavy atom. The molecule has 0 saturated heterocycles. The summed E-state index contributed by atoms with van der Waals surface area (Å²) < 4.78 is 46.3. The smallest absolute Gasteiger partial charge is 0.183 e. The third-order valence-corrected chi connectivity index (χ3v) is 7.36. The first-order valence-electron chi connectivity index (χ1n) is 10.7. The van der Waals surface area contributed by atoms with E-state index in [1.54, 1.807) is 24.4 Å². The molecule has 2 aromatic carbocycles. The molecule has 7 nitrogen and oxygen atoms in total. The highest BCUT2D eigenvalue weighted by Crippen LogP contribution is 2.38. The molecule has 4 aromatic rings. The van der Waals surface area contributed by atoms with Gasteiger partial charge in [-0.25, -0.2) is 17.8 Å². The Bertz CT molecular complexity index is 1460. The van der Waals surface area contributed by atoms with Gasteiger partial charge in [0.1, 0.15) is 17.1 Å². The molecule has 0 amide bonds. The van der Waals surface area contributed by atoms with E-state index in [0.717, 1.165) is 35.9 Å². The molecular formula is C24H23FN4O3S. The van der Waals surface area contributed by atoms with Crippen molar-refractivity contribution in [3.8, 4) is 28.0 Å². The summed E-state index contributed by atoms with van der Waals surface area (Å²) in [5.41, 5.74) is 3.68. The number of methoxy groups -OCH3 is 1. The lowest BCUT2D eigenvalue weighted by Crippen LogP contribution is -2.04. The molecule has 9 heteroatoms. The molecule has 0 atom stereocenters. The molecule has 1 aliphatic carbocycles. The fourth-order valence-corrected chi connectivity index (χ4v) is 5.17. The zero-order valence-corrected chi connectivity index (χ0v) is 19.1. The number of benzene rings is 2. The quantitative estimate of drug-likeness (QED) is 0.419. The maximum absolute atomic E-state index is 14.9. The first-order valence-corrected chi connectivity index (χ1v) is 12.6. The van der Waals surface area contributed by atoms with Gasteiger partial charge in [0.15, 0.2) is 15.5 Å². The maximum atomic E-state index is 14.9. The fourth-order valence-electron chi connectivity index (χ4n) is 4.53. The van der Waals surface area contributed by atoms with Crippen molar-refractivity contribution in [2.24, 2.45) is 0 Å². The number of imidazole rings is 1. The van der Waals surface area contributed by atoms with Gasteiger partial charge in [-0.3, -0.25) is 0 Å². The fraction of sp³-hybridized carbons (Fsp3) is 0.292. The van der Waals surface area contributed by atoms with E-state index in [1.165, 1.54) is 38.2 Å². The summed E-state index contributed by atoms with van der Waals surface area (Å²) in [4.78, 5) is 4.72. The Hall–Kier alpha value is -3.33. The van der Waals surface area contributed by atoms with Crippen molar-refractivity contribution >= 4 is 21.0 Å². The average molecular weight is 467 g/mol. The summed E-state index contributed by atoms with van der Waals surface area (Å²) in [6, 6.07) is 9.57. The predicted octanol–water partition coefficient (Wildman–Crippen LogP) is 4.83. The minimum atomic E-state index is -3.42. The molecule has 1 saturated carbocycles. The van der Waals surface area contributed by atoms with Gasteiger partial charge < -0.3 is 9.30 Å². The van der Waals surface area contributed by atoms with Gasteiger partial charge in [-0.05, 0) is 48.7 Å². The third-order valence-electron chi connectivity index (χ3n) is 6.25. The van der Waals surface area contributed by atoms with Gasteiger partial charge in [0.25, 0.3) is 0 Å². The van der Waals surface area contributed by atoms with Crippen molar-refractivity contribution < 1.29 is 17.5 Å². The van der Waals surface area contributed by atoms with Crippen molar-refractivity contribution in [1.82, 2.24) is 19.7 Å². The molecule has 1 aliphatic rings. The van der Waals surface area contributed by atoms with E-state index in [-0.39, 0.29) is 10.6 Å². The van der Waals surface area contributed by atoms with Crippen LogP contribution in [0.3, 0.4) is 0 Å². The molecule has 0 N–H and O–H groups in total. The third kappa shape index (κ3) is 3.86. The highest BCUT2D eigenvalue weighted by atomic mass is 32.2. The highest BCUT2D eigenvalue weighted by molar-refractivity contribution is 7.90. The summed E-state index contributed by atoms with van der Waals surface area (Å²) >= 11 is 0. The van der Waals surface area contributed by atoms with Gasteiger partial charge in [0.05, 0.1) is 24.5 Å². The Labute approximate surface area is 191 Å². The summed E-state index contributed by atoms with van der Waals surface area (Å²) in [6.07, 6.45) is 9.15. The lowest BCUT2D eigenvalue weighted by molar-refractivity contribution is 0.415. The van der Waals surface area contributed by atoms with Gasteiger partial charge in [-0.2, -0.15) is 5.10 Å². The standard InChI is InChI=1S/C24H23FN4O3S/c1-32-22-12-17(33(2,30)31)8-9-18(22)19-11-15(7-10-21(19)25)20-13-27-28-24-23(20)26-14-29(24)16-5-3-4-6-16/h7-14,16H,3-6H2,1-2H3. The monoisotopic (exact) mass is 466 g/mol. The van der Waals surface area contributed by atoms with Crippen LogP contribution in [-0.2, 0) is 9.84 Å². The van der Waals surface area contributed by atoms with Crippen LogP contribution in [-0.4, -0.2) is 41.5 Å². The molecule has 2 heterocycles. The van der Waals surface area contributed by atoms with Crippen molar-refractivity contribution in [2.45, 2.75) is 36.6 Å². The van der Waals surface area contributed by atoms with E-state index in [4.69, 9.17) is 4.74 Å². The summed E-state index contributed by atoms with van der Waals surface area (Å²) in [6.45, 7) is 0. The highest BCUT2D eigenvalue weighted by Gasteiger charge is 2.22. The van der Waals surface area contributed by atoms with Crippen molar-refractivity contribution in [2.75, 3.05) is 13.4 Å². The van der Waals surface area contributed by atoms with Crippen LogP contribution < -0.4 is 4.74 Å². The maximum Gasteiger partial charge on any atom is 0.183 e. The molecule has 2 aromatic heterocycles. The van der Waals surface area contributed by atoms with Crippen LogP contribution in [0.25, 0.3) is 33.4 Å². The van der Waals surface area contributed by atoms with Crippen molar-refractivity contribution in [1.29, 1.82) is 0 Å². The summed E-state index contributed by atoms with van der Waals surface area (Å²) in [5, 5.41) is 8.52. The second-order valence-corrected chi connectivity index (χ2v) is 10.4. The molecule has 1 fully saturated rings. The molecular weight excluding hydrogens is 443 g/mol. The van der Waals surface area contributed by atoms with E-state index in [9.17, 15) is 12.8 Å². The molecule has 0 aliphatic heterocycles. The van der Waals surface area contributed by atoms with Crippen LogP contribution in [0.2, 0.25) is 0 Å². The van der Waals surface area contributed by atoms with Gasteiger partial charge >= 0.3 is 0 Å². The Morgan fingerprint density at radius 1 is 1.06 bits per heavy atom. The van der Waals surface area contributed by atoms with E-state index >= 15 is 0 Å². The summed E-state index contributed by atoms with van der Waals surface area (Å²) in [7, 11) is -2.00. The largest absolute Gasteiger partial charge is 0.496 e. The number of sulfone groups is 1. The Balaban J connectivity index is 1.63. The number of nitrogens with zero attached hydrogens (tertiary/aromatic N) is 4. The minimum absolute atomic E-state index is 0.108. The summed E-state index contributed by atoms with van der Waals surface area (Å²) in [5.74, 6) is -0.170. The normalized spacial score (nSPS) is 14.8. The predicted molar refractivity (Wildman–Crippen MR) is 123 cm³/mol. The Morgan fingerprint density at radius 2 is 1.85 bits per heavy atom. The number of ether oxygens (including phenoxy) is 1. The lowest BCUT2D eigenvalue weighted by Gasteiger charge is -2.13. The molecule has 33 heavy (non-hydrogen) atoms. The zero-order chi connectivity index (χ0) is 23.2. The van der Waals surface area contributed by atoms with E-state index in [1.807, 2.05) is 6.33 Å². The number of fused-ring (bicyclic) bond motifs is 1. The molecule has 0 unspecified atom stereocenters. The molecule has 0 spiro atoms. The van der Waals surface area contributed by atoms with Crippen LogP contribution in [0.1, 0.15) is 31.7 Å². The van der Waals surface area contributed by atoms with Gasteiger partial charge in [0.2, 0.25) is 0 Å². The van der Waals surface area contributed by atoms with Gasteiger partial charge in [0, 0.05) is 29.0 Å². The first-order chi connectivity index (χ1) is 15.9. The van der Waals surface area contributed by atoms with Crippen molar-refractivity contribution in [3.05, 3.63) is 54.7 Å². The molecule has 0 bridgehead atoms. The first kappa shape index (κ1) is 21.5. The molecule has 170 valence electrons. The van der Waals surface area contributed by atoms with E-state index < -0.39 is 15.7 Å².